The van der Waals surface area contributed by atoms with E-state index >= 15 is 0 Å². The molecule has 0 amide bonds. The Morgan fingerprint density at radius 1 is 1.33 bits per heavy atom. The molecular weight excluding hydrogens is 152 g/mol. The molecule has 70 valence electrons. The summed E-state index contributed by atoms with van der Waals surface area (Å²) in [4.78, 5) is 11.7. The lowest BCUT2D eigenvalue weighted by atomic mass is 9.82. The number of carbonyl (C=O) groups excluding carboxylic acids is 1. The van der Waals surface area contributed by atoms with Crippen molar-refractivity contribution in [1.29, 1.82) is 0 Å². The van der Waals surface area contributed by atoms with Crippen LogP contribution in [-0.4, -0.2) is 16.5 Å². The van der Waals surface area contributed by atoms with Gasteiger partial charge in [-0.3, -0.25) is 4.79 Å². The number of aliphatic hydroxyl groups is 1. The minimum absolute atomic E-state index is 0.0185. The van der Waals surface area contributed by atoms with E-state index < -0.39 is 5.60 Å². The molecule has 0 spiro atoms. The minimum Gasteiger partial charge on any atom is -0.382 e. The standard InChI is InChI=1S/C10H18O2/c1-7(2)10(12)6-5-9(3,4)8(10)11/h7,12H,5-6H2,1-4H3/t10-/m0/s1. The second kappa shape index (κ2) is 2.56. The molecule has 2 heteroatoms. The van der Waals surface area contributed by atoms with E-state index in [4.69, 9.17) is 0 Å². The van der Waals surface area contributed by atoms with Crippen LogP contribution in [-0.2, 0) is 4.79 Å². The average molecular weight is 170 g/mol. The quantitative estimate of drug-likeness (QED) is 0.651. The van der Waals surface area contributed by atoms with Gasteiger partial charge >= 0.3 is 0 Å². The molecule has 1 fully saturated rings. The zero-order valence-electron chi connectivity index (χ0n) is 8.35. The van der Waals surface area contributed by atoms with Crippen molar-refractivity contribution in [2.45, 2.75) is 46.1 Å². The first kappa shape index (κ1) is 9.72. The van der Waals surface area contributed by atoms with Gasteiger partial charge in [-0.2, -0.15) is 0 Å². The molecule has 0 aromatic heterocycles. The van der Waals surface area contributed by atoms with Gasteiger partial charge < -0.3 is 5.11 Å². The molecule has 12 heavy (non-hydrogen) atoms. The Bertz CT molecular complexity index is 206. The third-order valence-corrected chi connectivity index (χ3v) is 3.09. The maximum absolute atomic E-state index is 11.7. The van der Waals surface area contributed by atoms with E-state index in [0.717, 1.165) is 6.42 Å². The summed E-state index contributed by atoms with van der Waals surface area (Å²) in [6.07, 6.45) is 1.43. The fourth-order valence-corrected chi connectivity index (χ4v) is 1.87. The molecule has 0 aromatic carbocycles. The maximum atomic E-state index is 11.7. The van der Waals surface area contributed by atoms with Crippen LogP contribution in [0.1, 0.15) is 40.5 Å². The van der Waals surface area contributed by atoms with Crippen molar-refractivity contribution in [3.05, 3.63) is 0 Å². The Balaban J connectivity index is 2.93. The minimum atomic E-state index is -1.05. The molecule has 0 aromatic rings. The largest absolute Gasteiger partial charge is 0.382 e. The smallest absolute Gasteiger partial charge is 0.170 e. The second-order valence-electron chi connectivity index (χ2n) is 4.79. The Morgan fingerprint density at radius 3 is 2.00 bits per heavy atom. The van der Waals surface area contributed by atoms with Crippen LogP contribution in [0.25, 0.3) is 0 Å². The first-order chi connectivity index (χ1) is 5.31. The van der Waals surface area contributed by atoms with Crippen molar-refractivity contribution in [3.8, 4) is 0 Å². The first-order valence-corrected chi connectivity index (χ1v) is 4.58. The Labute approximate surface area is 74.0 Å². The summed E-state index contributed by atoms with van der Waals surface area (Å²) in [5.41, 5.74) is -1.37. The molecule has 0 heterocycles. The van der Waals surface area contributed by atoms with Gasteiger partial charge in [0.15, 0.2) is 5.78 Å². The monoisotopic (exact) mass is 170 g/mol. The summed E-state index contributed by atoms with van der Waals surface area (Å²) in [5, 5.41) is 10.0. The van der Waals surface area contributed by atoms with Gasteiger partial charge in [0.05, 0.1) is 0 Å². The van der Waals surface area contributed by atoms with Crippen LogP contribution in [0.3, 0.4) is 0 Å². The Morgan fingerprint density at radius 2 is 1.83 bits per heavy atom. The third kappa shape index (κ3) is 1.18. The van der Waals surface area contributed by atoms with E-state index in [2.05, 4.69) is 0 Å². The number of Topliss-reactive ketones (excluding diaryl/α,β-unsaturated/α-hetero) is 1. The van der Waals surface area contributed by atoms with Gasteiger partial charge in [0, 0.05) is 5.41 Å². The van der Waals surface area contributed by atoms with E-state index in [1.165, 1.54) is 0 Å². The van der Waals surface area contributed by atoms with E-state index in [1.54, 1.807) is 0 Å². The summed E-state index contributed by atoms with van der Waals surface area (Å²) in [6, 6.07) is 0. The van der Waals surface area contributed by atoms with Crippen LogP contribution in [0, 0.1) is 11.3 Å². The normalized spacial score (nSPS) is 34.7. The fourth-order valence-electron chi connectivity index (χ4n) is 1.87. The molecule has 1 N–H and O–H groups in total. The van der Waals surface area contributed by atoms with Gasteiger partial charge in [-0.05, 0) is 18.8 Å². The van der Waals surface area contributed by atoms with Crippen LogP contribution in [0.5, 0.6) is 0 Å². The van der Waals surface area contributed by atoms with Gasteiger partial charge in [0.25, 0.3) is 0 Å². The molecule has 0 radical (unpaired) electrons. The molecule has 0 aliphatic heterocycles. The molecule has 1 aliphatic carbocycles. The fraction of sp³-hybridized carbons (Fsp3) is 0.900. The molecule has 1 atom stereocenters. The Hall–Kier alpha value is -0.370. The number of carbonyl (C=O) groups is 1. The van der Waals surface area contributed by atoms with E-state index in [9.17, 15) is 9.90 Å². The Kier molecular flexibility index (Phi) is 2.07. The number of ketones is 1. The summed E-state index contributed by atoms with van der Waals surface area (Å²) in [6.45, 7) is 7.63. The van der Waals surface area contributed by atoms with Crippen molar-refractivity contribution >= 4 is 5.78 Å². The molecule has 0 unspecified atom stereocenters. The van der Waals surface area contributed by atoms with Crippen molar-refractivity contribution in [3.63, 3.8) is 0 Å². The lowest BCUT2D eigenvalue weighted by Crippen LogP contribution is -2.43. The second-order valence-corrected chi connectivity index (χ2v) is 4.79. The van der Waals surface area contributed by atoms with Gasteiger partial charge in [-0.25, -0.2) is 0 Å². The number of hydrogen-bond donors (Lipinski definition) is 1. The highest BCUT2D eigenvalue weighted by atomic mass is 16.3. The van der Waals surface area contributed by atoms with Gasteiger partial charge in [0.1, 0.15) is 5.60 Å². The summed E-state index contributed by atoms with van der Waals surface area (Å²) in [7, 11) is 0. The van der Waals surface area contributed by atoms with Crippen molar-refractivity contribution < 1.29 is 9.90 Å². The van der Waals surface area contributed by atoms with E-state index in [-0.39, 0.29) is 17.1 Å². The van der Waals surface area contributed by atoms with Crippen molar-refractivity contribution in [1.82, 2.24) is 0 Å². The van der Waals surface area contributed by atoms with Crippen LogP contribution in [0.2, 0.25) is 0 Å². The lowest BCUT2D eigenvalue weighted by Gasteiger charge is -2.27. The van der Waals surface area contributed by atoms with Crippen LogP contribution >= 0.6 is 0 Å². The van der Waals surface area contributed by atoms with Crippen LogP contribution in [0.4, 0.5) is 0 Å². The van der Waals surface area contributed by atoms with Crippen molar-refractivity contribution in [2.75, 3.05) is 0 Å². The first-order valence-electron chi connectivity index (χ1n) is 4.58. The third-order valence-electron chi connectivity index (χ3n) is 3.09. The highest BCUT2D eigenvalue weighted by Crippen LogP contribution is 2.43. The molecule has 1 aliphatic rings. The SMILES string of the molecule is CC(C)[C@@]1(O)CCC(C)(C)C1=O. The number of hydrogen-bond acceptors (Lipinski definition) is 2. The lowest BCUT2D eigenvalue weighted by molar-refractivity contribution is -0.143. The van der Waals surface area contributed by atoms with E-state index in [0.29, 0.717) is 6.42 Å². The molecular formula is C10H18O2. The van der Waals surface area contributed by atoms with Gasteiger partial charge in [-0.1, -0.05) is 27.7 Å². The van der Waals surface area contributed by atoms with Gasteiger partial charge in [0.2, 0.25) is 0 Å². The van der Waals surface area contributed by atoms with Gasteiger partial charge in [-0.15, -0.1) is 0 Å². The van der Waals surface area contributed by atoms with Crippen LogP contribution in [0.15, 0.2) is 0 Å². The molecule has 0 bridgehead atoms. The molecule has 0 saturated heterocycles. The molecule has 1 saturated carbocycles. The molecule has 2 nitrogen and oxygen atoms in total. The topological polar surface area (TPSA) is 37.3 Å². The number of rotatable bonds is 1. The maximum Gasteiger partial charge on any atom is 0.170 e. The highest BCUT2D eigenvalue weighted by Gasteiger charge is 2.52. The van der Waals surface area contributed by atoms with Crippen LogP contribution < -0.4 is 0 Å². The zero-order valence-corrected chi connectivity index (χ0v) is 8.35. The predicted molar refractivity (Wildman–Crippen MR) is 47.8 cm³/mol. The van der Waals surface area contributed by atoms with E-state index in [1.807, 2.05) is 27.7 Å². The van der Waals surface area contributed by atoms with Crippen molar-refractivity contribution in [2.24, 2.45) is 11.3 Å². The summed E-state index contributed by atoms with van der Waals surface area (Å²) >= 11 is 0. The highest BCUT2D eigenvalue weighted by molar-refractivity contribution is 5.94. The summed E-state index contributed by atoms with van der Waals surface area (Å²) in [5.74, 6) is 0.0526. The zero-order chi connectivity index (χ0) is 9.57. The summed E-state index contributed by atoms with van der Waals surface area (Å²) < 4.78 is 0. The molecule has 1 rings (SSSR count). The average Bonchev–Trinajstić information content (AvgIpc) is 2.15. The predicted octanol–water partition coefficient (Wildman–Crippen LogP) is 1.76.